The Morgan fingerprint density at radius 3 is 2.54 bits per heavy atom. The molecule has 1 aromatic rings. The zero-order valence-corrected chi connectivity index (χ0v) is 15.5. The molecule has 0 bridgehead atoms. The van der Waals surface area contributed by atoms with Gasteiger partial charge in [-0.1, -0.05) is 39.0 Å². The van der Waals surface area contributed by atoms with E-state index in [-0.39, 0.29) is 0 Å². The second-order valence-electron chi connectivity index (χ2n) is 7.75. The van der Waals surface area contributed by atoms with Crippen molar-refractivity contribution >= 4 is 10.0 Å². The third kappa shape index (κ3) is 4.37. The quantitative estimate of drug-likeness (QED) is 0.769. The van der Waals surface area contributed by atoms with Crippen molar-refractivity contribution in [2.24, 2.45) is 17.8 Å². The Bertz CT molecular complexity index is 610. The highest BCUT2D eigenvalue weighted by atomic mass is 32.2. The van der Waals surface area contributed by atoms with Crippen LogP contribution < -0.4 is 0 Å². The molecular formula is C19H30N2O2S. The summed E-state index contributed by atoms with van der Waals surface area (Å²) < 4.78 is 27.0. The second kappa shape index (κ2) is 7.96. The highest BCUT2D eigenvalue weighted by molar-refractivity contribution is 7.89. The zero-order chi connectivity index (χ0) is 17.0. The number of hydrogen-bond donors (Lipinski definition) is 0. The number of nitrogens with zero attached hydrogens (tertiary/aromatic N) is 2. The molecule has 2 unspecified atom stereocenters. The monoisotopic (exact) mass is 350 g/mol. The largest absolute Gasteiger partial charge is 0.263 e. The fraction of sp³-hybridized carbons (Fsp3) is 0.737. The molecule has 4 nitrogen and oxygen atoms in total. The van der Waals surface area contributed by atoms with Crippen LogP contribution in [-0.2, 0) is 10.0 Å². The molecule has 0 radical (unpaired) electrons. The Labute approximate surface area is 146 Å². The molecule has 2 aliphatic rings. The number of hydrogen-bond acceptors (Lipinski definition) is 3. The van der Waals surface area contributed by atoms with Gasteiger partial charge >= 0.3 is 0 Å². The van der Waals surface area contributed by atoms with Crippen molar-refractivity contribution < 1.29 is 8.42 Å². The van der Waals surface area contributed by atoms with Gasteiger partial charge in [0.05, 0.1) is 0 Å². The lowest BCUT2D eigenvalue weighted by atomic mass is 9.84. The molecule has 1 saturated heterocycles. The number of rotatable bonds is 4. The minimum Gasteiger partial charge on any atom is -0.263 e. The third-order valence-electron chi connectivity index (χ3n) is 5.89. The molecule has 2 atom stereocenters. The molecule has 3 rings (SSSR count). The standard InChI is InChI=1S/C19H30N2O2S/c1-16-4-2-5-17(8-7-16)14-18-9-12-21(13-10-18)24(22,23)19-6-3-11-20-15-19/h3,6,11,15-18H,2,4-5,7-10,12-14H2,1H3. The fourth-order valence-electron chi connectivity index (χ4n) is 4.31. The van der Waals surface area contributed by atoms with Crippen molar-refractivity contribution in [2.75, 3.05) is 13.1 Å². The summed E-state index contributed by atoms with van der Waals surface area (Å²) in [6, 6.07) is 3.33. The zero-order valence-electron chi connectivity index (χ0n) is 14.7. The van der Waals surface area contributed by atoms with Crippen LogP contribution in [-0.4, -0.2) is 30.8 Å². The maximum absolute atomic E-state index is 12.7. The van der Waals surface area contributed by atoms with Crippen LogP contribution in [0.1, 0.15) is 58.3 Å². The van der Waals surface area contributed by atoms with Crippen molar-refractivity contribution in [1.29, 1.82) is 0 Å². The van der Waals surface area contributed by atoms with Gasteiger partial charge in [0.25, 0.3) is 0 Å². The summed E-state index contributed by atoms with van der Waals surface area (Å²) in [6.45, 7) is 3.69. The van der Waals surface area contributed by atoms with E-state index in [1.54, 1.807) is 22.6 Å². The van der Waals surface area contributed by atoms with Crippen LogP contribution in [0.25, 0.3) is 0 Å². The summed E-state index contributed by atoms with van der Waals surface area (Å²) in [7, 11) is -3.36. The summed E-state index contributed by atoms with van der Waals surface area (Å²) in [5, 5.41) is 0. The smallest absolute Gasteiger partial charge is 0.244 e. The Hall–Kier alpha value is -0.940. The van der Waals surface area contributed by atoms with Gasteiger partial charge in [-0.25, -0.2) is 8.42 Å². The van der Waals surface area contributed by atoms with Gasteiger partial charge in [0.15, 0.2) is 0 Å². The molecule has 0 aromatic carbocycles. The van der Waals surface area contributed by atoms with E-state index >= 15 is 0 Å². The van der Waals surface area contributed by atoms with Gasteiger partial charge in [-0.15, -0.1) is 0 Å². The molecule has 2 heterocycles. The van der Waals surface area contributed by atoms with Gasteiger partial charge in [-0.3, -0.25) is 4.98 Å². The maximum atomic E-state index is 12.7. The summed E-state index contributed by atoms with van der Waals surface area (Å²) in [6.07, 6.45) is 13.3. The summed E-state index contributed by atoms with van der Waals surface area (Å²) in [5.74, 6) is 2.45. The Morgan fingerprint density at radius 1 is 1.08 bits per heavy atom. The average Bonchev–Trinajstić information content (AvgIpc) is 2.81. The predicted molar refractivity (Wildman–Crippen MR) is 96.1 cm³/mol. The van der Waals surface area contributed by atoms with Crippen LogP contribution >= 0.6 is 0 Å². The Kier molecular flexibility index (Phi) is 5.93. The van der Waals surface area contributed by atoms with E-state index in [1.807, 2.05) is 0 Å². The highest BCUT2D eigenvalue weighted by Crippen LogP contribution is 2.34. The van der Waals surface area contributed by atoms with Crippen LogP contribution in [0.2, 0.25) is 0 Å². The lowest BCUT2D eigenvalue weighted by Gasteiger charge is -2.32. The molecule has 24 heavy (non-hydrogen) atoms. The van der Waals surface area contributed by atoms with Crippen LogP contribution in [0.4, 0.5) is 0 Å². The van der Waals surface area contributed by atoms with E-state index in [0.29, 0.717) is 23.9 Å². The van der Waals surface area contributed by atoms with E-state index in [4.69, 9.17) is 0 Å². The second-order valence-corrected chi connectivity index (χ2v) is 9.69. The molecule has 1 aliphatic heterocycles. The summed E-state index contributed by atoms with van der Waals surface area (Å²) >= 11 is 0. The molecule has 1 saturated carbocycles. The van der Waals surface area contributed by atoms with Crippen molar-refractivity contribution in [3.63, 3.8) is 0 Å². The first kappa shape index (κ1) is 17.9. The van der Waals surface area contributed by atoms with E-state index in [1.165, 1.54) is 44.7 Å². The molecule has 134 valence electrons. The Morgan fingerprint density at radius 2 is 1.83 bits per heavy atom. The number of aromatic nitrogens is 1. The van der Waals surface area contributed by atoms with E-state index in [0.717, 1.165) is 24.7 Å². The molecule has 2 fully saturated rings. The summed E-state index contributed by atoms with van der Waals surface area (Å²) in [4.78, 5) is 4.27. The number of pyridine rings is 1. The third-order valence-corrected chi connectivity index (χ3v) is 7.77. The van der Waals surface area contributed by atoms with Gasteiger partial charge in [-0.2, -0.15) is 4.31 Å². The molecule has 5 heteroatoms. The lowest BCUT2D eigenvalue weighted by molar-refractivity contribution is 0.228. The highest BCUT2D eigenvalue weighted by Gasteiger charge is 2.30. The fourth-order valence-corrected chi connectivity index (χ4v) is 5.74. The first-order valence-corrected chi connectivity index (χ1v) is 10.9. The summed E-state index contributed by atoms with van der Waals surface area (Å²) in [5.41, 5.74) is 0. The van der Waals surface area contributed by atoms with E-state index in [2.05, 4.69) is 11.9 Å². The van der Waals surface area contributed by atoms with Crippen molar-refractivity contribution in [2.45, 2.75) is 63.2 Å². The minimum absolute atomic E-state index is 0.321. The van der Waals surface area contributed by atoms with Crippen LogP contribution in [0.5, 0.6) is 0 Å². The van der Waals surface area contributed by atoms with E-state index in [9.17, 15) is 8.42 Å². The molecule has 1 aliphatic carbocycles. The topological polar surface area (TPSA) is 50.3 Å². The Balaban J connectivity index is 1.52. The predicted octanol–water partition coefficient (Wildman–Crippen LogP) is 4.09. The van der Waals surface area contributed by atoms with Gasteiger partial charge in [0.2, 0.25) is 10.0 Å². The van der Waals surface area contributed by atoms with Crippen molar-refractivity contribution in [3.8, 4) is 0 Å². The minimum atomic E-state index is -3.36. The normalized spacial score (nSPS) is 27.7. The molecule has 0 amide bonds. The maximum Gasteiger partial charge on any atom is 0.244 e. The molecule has 1 aromatic heterocycles. The number of sulfonamides is 1. The number of piperidine rings is 1. The van der Waals surface area contributed by atoms with Gasteiger partial charge in [0.1, 0.15) is 4.90 Å². The van der Waals surface area contributed by atoms with Crippen LogP contribution in [0, 0.1) is 17.8 Å². The van der Waals surface area contributed by atoms with E-state index < -0.39 is 10.0 Å². The molecular weight excluding hydrogens is 320 g/mol. The first-order valence-electron chi connectivity index (χ1n) is 9.46. The molecule has 0 N–H and O–H groups in total. The average molecular weight is 351 g/mol. The molecule has 0 spiro atoms. The van der Waals surface area contributed by atoms with Crippen molar-refractivity contribution in [1.82, 2.24) is 9.29 Å². The first-order chi connectivity index (χ1) is 11.6. The SMILES string of the molecule is CC1CCCC(CC2CCN(S(=O)(=O)c3cccnc3)CC2)CC1. The van der Waals surface area contributed by atoms with Gasteiger partial charge in [-0.05, 0) is 49.1 Å². The van der Waals surface area contributed by atoms with Gasteiger partial charge in [0, 0.05) is 25.5 Å². The van der Waals surface area contributed by atoms with Crippen molar-refractivity contribution in [3.05, 3.63) is 24.5 Å². The van der Waals surface area contributed by atoms with Crippen LogP contribution in [0.3, 0.4) is 0 Å². The van der Waals surface area contributed by atoms with Crippen LogP contribution in [0.15, 0.2) is 29.4 Å². The lowest BCUT2D eigenvalue weighted by Crippen LogP contribution is -2.38. The van der Waals surface area contributed by atoms with Gasteiger partial charge < -0.3 is 0 Å².